The molecule has 0 saturated heterocycles. The Kier molecular flexibility index (Phi) is 7.81. The average molecular weight is 193 g/mol. The van der Waals surface area contributed by atoms with E-state index in [9.17, 15) is 0 Å². The number of rotatable bonds is 6. The molecule has 0 unspecified atom stereocenters. The fourth-order valence-electron chi connectivity index (χ4n) is 1.07. The van der Waals surface area contributed by atoms with E-state index < -0.39 is 0 Å². The van der Waals surface area contributed by atoms with Gasteiger partial charge in [-0.3, -0.25) is 4.99 Å². The molecule has 0 aliphatic rings. The largest absolute Gasteiger partial charge is 0.373 e. The Morgan fingerprint density at radius 3 is 2.86 bits per heavy atom. The predicted molar refractivity (Wildman–Crippen MR) is 61.7 cm³/mol. The molecule has 0 aromatic carbocycles. The zero-order valence-corrected chi connectivity index (χ0v) is 9.29. The molecule has 0 radical (unpaired) electrons. The van der Waals surface area contributed by atoms with Crippen LogP contribution in [0.1, 0.15) is 27.2 Å². The van der Waals surface area contributed by atoms with Crippen LogP contribution in [0, 0.1) is 0 Å². The average Bonchev–Trinajstić information content (AvgIpc) is 2.17. The summed E-state index contributed by atoms with van der Waals surface area (Å²) in [7, 11) is 0. The summed E-state index contributed by atoms with van der Waals surface area (Å²) in [5.41, 5.74) is 3.68. The molecule has 0 aromatic heterocycles. The van der Waals surface area contributed by atoms with Crippen LogP contribution < -0.4 is 0 Å². The topological polar surface area (TPSA) is 21.6 Å². The Bertz CT molecular complexity index is 247. The van der Waals surface area contributed by atoms with Gasteiger partial charge in [0.15, 0.2) is 0 Å². The SMILES string of the molecule is C=C=CC/C=C(\N=C/C)[C@@H](C)OCC. The summed E-state index contributed by atoms with van der Waals surface area (Å²) >= 11 is 0. The number of allylic oxidation sites excluding steroid dienone is 2. The van der Waals surface area contributed by atoms with Gasteiger partial charge >= 0.3 is 0 Å². The third kappa shape index (κ3) is 5.52. The number of aliphatic imine (C=N–C) groups is 1. The van der Waals surface area contributed by atoms with Crippen LogP contribution in [-0.2, 0) is 4.74 Å². The second kappa shape index (κ2) is 8.49. The van der Waals surface area contributed by atoms with E-state index in [-0.39, 0.29) is 6.10 Å². The molecule has 0 amide bonds. The fourth-order valence-corrected chi connectivity index (χ4v) is 1.07. The van der Waals surface area contributed by atoms with Crippen molar-refractivity contribution in [1.29, 1.82) is 0 Å². The predicted octanol–water partition coefficient (Wildman–Crippen LogP) is 3.12. The molecule has 0 rings (SSSR count). The third-order valence-corrected chi connectivity index (χ3v) is 1.70. The number of ether oxygens (including phenoxy) is 1. The molecule has 78 valence electrons. The highest BCUT2D eigenvalue weighted by atomic mass is 16.5. The normalized spacial score (nSPS) is 14.1. The van der Waals surface area contributed by atoms with Gasteiger partial charge in [-0.05, 0) is 33.3 Å². The Morgan fingerprint density at radius 2 is 2.36 bits per heavy atom. The Hall–Kier alpha value is -1.11. The zero-order valence-electron chi connectivity index (χ0n) is 9.29. The van der Waals surface area contributed by atoms with Crippen LogP contribution in [0.4, 0.5) is 0 Å². The molecule has 0 heterocycles. The van der Waals surface area contributed by atoms with Gasteiger partial charge in [-0.25, -0.2) is 0 Å². The van der Waals surface area contributed by atoms with Crippen LogP contribution in [0.2, 0.25) is 0 Å². The minimum Gasteiger partial charge on any atom is -0.373 e. The molecule has 1 atom stereocenters. The molecule has 0 N–H and O–H groups in total. The van der Waals surface area contributed by atoms with Crippen LogP contribution in [-0.4, -0.2) is 18.9 Å². The van der Waals surface area contributed by atoms with E-state index in [0.29, 0.717) is 6.61 Å². The van der Waals surface area contributed by atoms with Crippen molar-refractivity contribution in [2.75, 3.05) is 6.61 Å². The lowest BCUT2D eigenvalue weighted by Crippen LogP contribution is -2.10. The van der Waals surface area contributed by atoms with Gasteiger partial charge < -0.3 is 4.74 Å². The van der Waals surface area contributed by atoms with Crippen molar-refractivity contribution in [3.63, 3.8) is 0 Å². The van der Waals surface area contributed by atoms with Crippen molar-refractivity contribution in [2.24, 2.45) is 4.99 Å². The van der Waals surface area contributed by atoms with Crippen LogP contribution in [0.25, 0.3) is 0 Å². The van der Waals surface area contributed by atoms with Crippen LogP contribution in [0.15, 0.2) is 35.2 Å². The van der Waals surface area contributed by atoms with Gasteiger partial charge in [-0.2, -0.15) is 0 Å². The molecule has 14 heavy (non-hydrogen) atoms. The van der Waals surface area contributed by atoms with Gasteiger partial charge in [0.2, 0.25) is 0 Å². The van der Waals surface area contributed by atoms with Crippen molar-refractivity contribution < 1.29 is 4.74 Å². The van der Waals surface area contributed by atoms with E-state index in [1.807, 2.05) is 32.9 Å². The Morgan fingerprint density at radius 1 is 1.64 bits per heavy atom. The maximum absolute atomic E-state index is 5.46. The minimum absolute atomic E-state index is 0.0504. The van der Waals surface area contributed by atoms with E-state index in [1.54, 1.807) is 6.21 Å². The van der Waals surface area contributed by atoms with Crippen molar-refractivity contribution in [3.8, 4) is 0 Å². The molecule has 0 aromatic rings. The molecular weight excluding hydrogens is 174 g/mol. The van der Waals surface area contributed by atoms with Gasteiger partial charge in [0.05, 0.1) is 11.8 Å². The summed E-state index contributed by atoms with van der Waals surface area (Å²) in [6.45, 7) is 10.1. The molecule has 0 saturated carbocycles. The second-order valence-electron chi connectivity index (χ2n) is 2.76. The van der Waals surface area contributed by atoms with Crippen molar-refractivity contribution >= 4 is 6.21 Å². The van der Waals surface area contributed by atoms with Crippen LogP contribution in [0.5, 0.6) is 0 Å². The first-order valence-corrected chi connectivity index (χ1v) is 4.90. The Labute approximate surface area is 86.7 Å². The lowest BCUT2D eigenvalue weighted by atomic mass is 10.2. The van der Waals surface area contributed by atoms with Crippen LogP contribution >= 0.6 is 0 Å². The summed E-state index contributed by atoms with van der Waals surface area (Å²) in [5, 5.41) is 0. The molecular formula is C12H19NO. The van der Waals surface area contributed by atoms with Gasteiger partial charge in [-0.15, -0.1) is 5.73 Å². The molecule has 0 fully saturated rings. The number of nitrogens with zero attached hydrogens (tertiary/aromatic N) is 1. The highest BCUT2D eigenvalue weighted by Crippen LogP contribution is 2.09. The number of hydrogen-bond acceptors (Lipinski definition) is 2. The summed E-state index contributed by atoms with van der Waals surface area (Å²) in [4.78, 5) is 4.26. The van der Waals surface area contributed by atoms with Gasteiger partial charge in [0, 0.05) is 12.8 Å². The molecule has 0 bridgehead atoms. The Balaban J connectivity index is 4.40. The van der Waals surface area contributed by atoms with Gasteiger partial charge in [-0.1, -0.05) is 12.7 Å². The summed E-state index contributed by atoms with van der Waals surface area (Å²) < 4.78 is 5.46. The standard InChI is InChI=1S/C12H19NO/c1-5-8-9-10-12(13-6-2)11(4)14-7-3/h6,8,10-11H,1,7,9H2,2-4H3/b12-10-,13-6-/t11-/m1/s1. The smallest absolute Gasteiger partial charge is 0.0963 e. The molecule has 0 aliphatic heterocycles. The molecule has 2 nitrogen and oxygen atoms in total. The highest BCUT2D eigenvalue weighted by Gasteiger charge is 2.05. The first kappa shape index (κ1) is 12.9. The lowest BCUT2D eigenvalue weighted by Gasteiger charge is -2.11. The number of hydrogen-bond donors (Lipinski definition) is 0. The molecule has 0 aliphatic carbocycles. The monoisotopic (exact) mass is 193 g/mol. The van der Waals surface area contributed by atoms with Gasteiger partial charge in [0.1, 0.15) is 0 Å². The maximum Gasteiger partial charge on any atom is 0.0963 e. The lowest BCUT2D eigenvalue weighted by molar-refractivity contribution is 0.100. The van der Waals surface area contributed by atoms with E-state index in [4.69, 9.17) is 4.74 Å². The second-order valence-corrected chi connectivity index (χ2v) is 2.76. The van der Waals surface area contributed by atoms with Crippen LogP contribution in [0.3, 0.4) is 0 Å². The van der Waals surface area contributed by atoms with E-state index >= 15 is 0 Å². The van der Waals surface area contributed by atoms with Crippen molar-refractivity contribution in [1.82, 2.24) is 0 Å². The van der Waals surface area contributed by atoms with Gasteiger partial charge in [0.25, 0.3) is 0 Å². The summed E-state index contributed by atoms with van der Waals surface area (Å²) in [5.74, 6) is 0. The molecule has 2 heteroatoms. The third-order valence-electron chi connectivity index (χ3n) is 1.70. The maximum atomic E-state index is 5.46. The van der Waals surface area contributed by atoms with E-state index in [2.05, 4.69) is 17.3 Å². The fraction of sp³-hybridized carbons (Fsp3) is 0.500. The first-order chi connectivity index (χ1) is 6.76. The minimum atomic E-state index is 0.0504. The highest BCUT2D eigenvalue weighted by molar-refractivity contribution is 5.55. The zero-order chi connectivity index (χ0) is 10.8. The summed E-state index contributed by atoms with van der Waals surface area (Å²) in [6.07, 6.45) is 6.52. The molecule has 0 spiro atoms. The quantitative estimate of drug-likeness (QED) is 0.469. The van der Waals surface area contributed by atoms with E-state index in [1.165, 1.54) is 0 Å². The summed E-state index contributed by atoms with van der Waals surface area (Å²) in [6, 6.07) is 0. The van der Waals surface area contributed by atoms with E-state index in [0.717, 1.165) is 12.1 Å². The van der Waals surface area contributed by atoms with Crippen molar-refractivity contribution in [2.45, 2.75) is 33.3 Å². The van der Waals surface area contributed by atoms with Crippen molar-refractivity contribution in [3.05, 3.63) is 30.2 Å². The first-order valence-electron chi connectivity index (χ1n) is 4.90.